The maximum absolute atomic E-state index is 13.3. The molecule has 1 saturated heterocycles. The maximum atomic E-state index is 13.3. The minimum absolute atomic E-state index is 0.162. The van der Waals surface area contributed by atoms with E-state index in [-0.39, 0.29) is 6.54 Å². The summed E-state index contributed by atoms with van der Waals surface area (Å²) in [5, 5.41) is 2.56. The number of nitrogens with one attached hydrogen (secondary N) is 1. The molecule has 0 unspecified atom stereocenters. The van der Waals surface area contributed by atoms with Gasteiger partial charge in [-0.1, -0.05) is 12.1 Å². The van der Waals surface area contributed by atoms with E-state index in [1.165, 1.54) is 37.3 Å². The lowest BCUT2D eigenvalue weighted by atomic mass is 9.99. The second kappa shape index (κ2) is 6.62. The van der Waals surface area contributed by atoms with E-state index in [2.05, 4.69) is 5.32 Å². The molecule has 1 aromatic heterocycles. The van der Waals surface area contributed by atoms with Crippen LogP contribution in [0.25, 0.3) is 0 Å². The predicted molar refractivity (Wildman–Crippen MR) is 89.2 cm³/mol. The fourth-order valence-corrected chi connectivity index (χ4v) is 2.82. The summed E-state index contributed by atoms with van der Waals surface area (Å²) in [5.41, 5.74) is -0.736. The first-order valence-electron chi connectivity index (χ1n) is 7.98. The van der Waals surface area contributed by atoms with Crippen molar-refractivity contribution in [1.29, 1.82) is 0 Å². The zero-order chi connectivity index (χ0) is 18.9. The van der Waals surface area contributed by atoms with Gasteiger partial charge in [0.25, 0.3) is 5.91 Å². The Morgan fingerprint density at radius 3 is 2.73 bits per heavy atom. The Hall–Kier alpha value is -3.16. The Morgan fingerprint density at radius 2 is 2.08 bits per heavy atom. The van der Waals surface area contributed by atoms with Crippen molar-refractivity contribution in [3.05, 3.63) is 59.8 Å². The van der Waals surface area contributed by atoms with E-state index in [0.717, 1.165) is 4.90 Å². The van der Waals surface area contributed by atoms with Crippen molar-refractivity contribution in [3.8, 4) is 0 Å². The van der Waals surface area contributed by atoms with E-state index in [9.17, 15) is 18.8 Å². The molecule has 4 amide bonds. The molecule has 26 heavy (non-hydrogen) atoms. The molecule has 8 heteroatoms. The summed E-state index contributed by atoms with van der Waals surface area (Å²) < 4.78 is 18.5. The van der Waals surface area contributed by atoms with Crippen LogP contribution >= 0.6 is 0 Å². The van der Waals surface area contributed by atoms with Crippen LogP contribution in [0.5, 0.6) is 0 Å². The number of hydrogen-bond donors (Lipinski definition) is 1. The molecule has 0 saturated carbocycles. The minimum Gasteiger partial charge on any atom is -0.466 e. The Labute approximate surface area is 149 Å². The first kappa shape index (κ1) is 17.7. The van der Waals surface area contributed by atoms with Gasteiger partial charge in [0, 0.05) is 13.6 Å². The lowest BCUT2D eigenvalue weighted by Crippen LogP contribution is -2.43. The molecular weight excluding hydrogens is 341 g/mol. The van der Waals surface area contributed by atoms with Crippen molar-refractivity contribution in [3.63, 3.8) is 0 Å². The second-order valence-corrected chi connectivity index (χ2v) is 6.30. The number of carbonyl (C=O) groups is 3. The number of imide groups is 1. The van der Waals surface area contributed by atoms with Crippen LogP contribution in [0, 0.1) is 5.82 Å². The van der Waals surface area contributed by atoms with Crippen LogP contribution in [0.2, 0.25) is 0 Å². The number of carbonyl (C=O) groups excluding carboxylic acids is 3. The molecule has 1 aliphatic rings. The summed E-state index contributed by atoms with van der Waals surface area (Å²) in [6, 6.07) is 8.41. The third kappa shape index (κ3) is 3.17. The van der Waals surface area contributed by atoms with Gasteiger partial charge in [0.15, 0.2) is 5.54 Å². The number of likely N-dealkylation sites (N-methyl/N-ethyl adjacent to an activating group) is 1. The van der Waals surface area contributed by atoms with Gasteiger partial charge in [0.05, 0.1) is 6.26 Å². The smallest absolute Gasteiger partial charge is 0.325 e. The highest BCUT2D eigenvalue weighted by molar-refractivity contribution is 6.08. The molecule has 0 bridgehead atoms. The molecule has 3 rings (SSSR count). The van der Waals surface area contributed by atoms with Crippen LogP contribution in [0.1, 0.15) is 18.2 Å². The zero-order valence-corrected chi connectivity index (χ0v) is 14.4. The molecule has 1 N–H and O–H groups in total. The van der Waals surface area contributed by atoms with E-state index in [1.807, 2.05) is 0 Å². The SMILES string of the molecule is CN(Cc1cccc(F)c1)C(=O)CN1C(=O)N[C@@](C)(c2ccco2)C1=O. The number of hydrogen-bond acceptors (Lipinski definition) is 4. The van der Waals surface area contributed by atoms with E-state index in [4.69, 9.17) is 4.42 Å². The van der Waals surface area contributed by atoms with Crippen LogP contribution in [0.3, 0.4) is 0 Å². The lowest BCUT2D eigenvalue weighted by Gasteiger charge is -2.21. The van der Waals surface area contributed by atoms with Crippen molar-refractivity contribution in [2.75, 3.05) is 13.6 Å². The Morgan fingerprint density at radius 1 is 1.31 bits per heavy atom. The predicted octanol–water partition coefficient (Wildman–Crippen LogP) is 1.84. The number of urea groups is 1. The van der Waals surface area contributed by atoms with Crippen molar-refractivity contribution >= 4 is 17.8 Å². The highest BCUT2D eigenvalue weighted by Gasteiger charge is 2.51. The van der Waals surface area contributed by atoms with Gasteiger partial charge in [0.1, 0.15) is 18.1 Å². The lowest BCUT2D eigenvalue weighted by molar-refractivity contribution is -0.138. The third-order valence-corrected chi connectivity index (χ3v) is 4.32. The van der Waals surface area contributed by atoms with E-state index >= 15 is 0 Å². The highest BCUT2D eigenvalue weighted by Crippen LogP contribution is 2.29. The fraction of sp³-hybridized carbons (Fsp3) is 0.278. The standard InChI is InChI=1S/C18H18FN3O4/c1-18(14-7-4-8-26-14)16(24)22(17(25)20-18)11-15(23)21(2)10-12-5-3-6-13(19)9-12/h3-9H,10-11H2,1-2H3,(H,20,25)/t18-/m0/s1. The third-order valence-electron chi connectivity index (χ3n) is 4.32. The number of nitrogens with zero attached hydrogens (tertiary/aromatic N) is 2. The molecule has 0 spiro atoms. The number of amides is 4. The minimum atomic E-state index is -1.35. The van der Waals surface area contributed by atoms with Crippen molar-refractivity contribution < 1.29 is 23.2 Å². The molecule has 1 fully saturated rings. The first-order chi connectivity index (χ1) is 12.3. The van der Waals surface area contributed by atoms with Gasteiger partial charge in [-0.15, -0.1) is 0 Å². The van der Waals surface area contributed by atoms with E-state index in [0.29, 0.717) is 11.3 Å². The number of rotatable bonds is 5. The molecule has 0 radical (unpaired) electrons. The second-order valence-electron chi connectivity index (χ2n) is 6.30. The van der Waals surface area contributed by atoms with Crippen LogP contribution in [-0.4, -0.2) is 41.2 Å². The van der Waals surface area contributed by atoms with Crippen molar-refractivity contribution in [2.45, 2.75) is 19.0 Å². The highest BCUT2D eigenvalue weighted by atomic mass is 19.1. The van der Waals surface area contributed by atoms with Crippen molar-refractivity contribution in [2.24, 2.45) is 0 Å². The molecule has 7 nitrogen and oxygen atoms in total. The topological polar surface area (TPSA) is 82.9 Å². The normalized spacial score (nSPS) is 19.6. The summed E-state index contributed by atoms with van der Waals surface area (Å²) in [7, 11) is 1.53. The molecule has 2 aromatic rings. The number of benzene rings is 1. The van der Waals surface area contributed by atoms with E-state index in [1.54, 1.807) is 24.3 Å². The van der Waals surface area contributed by atoms with Gasteiger partial charge >= 0.3 is 6.03 Å². The number of furan rings is 1. The largest absolute Gasteiger partial charge is 0.466 e. The van der Waals surface area contributed by atoms with Gasteiger partial charge in [-0.3, -0.25) is 14.5 Å². The van der Waals surface area contributed by atoms with Crippen LogP contribution in [0.4, 0.5) is 9.18 Å². The molecular formula is C18H18FN3O4. The maximum Gasteiger partial charge on any atom is 0.325 e. The summed E-state index contributed by atoms with van der Waals surface area (Å²) in [4.78, 5) is 39.4. The quantitative estimate of drug-likeness (QED) is 0.826. The molecule has 0 aliphatic carbocycles. The fourth-order valence-electron chi connectivity index (χ4n) is 2.82. The van der Waals surface area contributed by atoms with Gasteiger partial charge < -0.3 is 14.6 Å². The van der Waals surface area contributed by atoms with Crippen LogP contribution in [0.15, 0.2) is 47.1 Å². The average molecular weight is 359 g/mol. The summed E-state index contributed by atoms with van der Waals surface area (Å²) in [6.07, 6.45) is 1.40. The van der Waals surface area contributed by atoms with Gasteiger partial charge in [-0.25, -0.2) is 9.18 Å². The molecule has 1 aromatic carbocycles. The summed E-state index contributed by atoms with van der Waals surface area (Å²) in [5.74, 6) is -1.11. The van der Waals surface area contributed by atoms with E-state index < -0.39 is 35.7 Å². The summed E-state index contributed by atoms with van der Waals surface area (Å²) >= 11 is 0. The average Bonchev–Trinajstić information content (AvgIpc) is 3.19. The van der Waals surface area contributed by atoms with Gasteiger partial charge in [-0.2, -0.15) is 0 Å². The Kier molecular flexibility index (Phi) is 4.50. The molecule has 1 atom stereocenters. The van der Waals surface area contributed by atoms with Gasteiger partial charge in [-0.05, 0) is 36.8 Å². The van der Waals surface area contributed by atoms with Crippen molar-refractivity contribution in [1.82, 2.24) is 15.1 Å². The van der Waals surface area contributed by atoms with Crippen LogP contribution in [-0.2, 0) is 21.7 Å². The number of halogens is 1. The summed E-state index contributed by atoms with van der Waals surface area (Å²) in [6.45, 7) is 1.27. The Bertz CT molecular complexity index is 852. The van der Waals surface area contributed by atoms with Gasteiger partial charge in [0.2, 0.25) is 5.91 Å². The molecule has 136 valence electrons. The van der Waals surface area contributed by atoms with Crippen LogP contribution < -0.4 is 5.32 Å². The molecule has 1 aliphatic heterocycles. The Balaban J connectivity index is 1.69. The zero-order valence-electron chi connectivity index (χ0n) is 14.4. The molecule has 2 heterocycles. The monoisotopic (exact) mass is 359 g/mol. The first-order valence-corrected chi connectivity index (χ1v) is 7.98.